The van der Waals surface area contributed by atoms with Gasteiger partial charge < -0.3 is 0 Å². The second kappa shape index (κ2) is 5.97. The Labute approximate surface area is 125 Å². The molecule has 0 radical (unpaired) electrons. The van der Waals surface area contributed by atoms with E-state index >= 15 is 0 Å². The monoisotopic (exact) mass is 308 g/mol. The molecular formula is C15H20N2O3S. The predicted octanol–water partition coefficient (Wildman–Crippen LogP) is 1.58. The van der Waals surface area contributed by atoms with Gasteiger partial charge in [0.2, 0.25) is 5.91 Å². The summed E-state index contributed by atoms with van der Waals surface area (Å²) in [5.74, 6) is -0.784. The average Bonchev–Trinajstić information content (AvgIpc) is 2.76. The summed E-state index contributed by atoms with van der Waals surface area (Å²) in [6.07, 6.45) is 0.381. The van der Waals surface area contributed by atoms with E-state index in [0.717, 1.165) is 11.1 Å². The van der Waals surface area contributed by atoms with Crippen molar-refractivity contribution >= 4 is 21.5 Å². The van der Waals surface area contributed by atoms with Crippen molar-refractivity contribution in [1.29, 1.82) is 0 Å². The van der Waals surface area contributed by atoms with E-state index in [-0.39, 0.29) is 17.4 Å². The van der Waals surface area contributed by atoms with Gasteiger partial charge in [0, 0.05) is 5.56 Å². The van der Waals surface area contributed by atoms with Gasteiger partial charge in [-0.25, -0.2) is 13.8 Å². The molecule has 0 bridgehead atoms. The third-order valence-corrected chi connectivity index (χ3v) is 5.48. The highest BCUT2D eigenvalue weighted by atomic mass is 32.2. The standard InChI is InChI=1S/C15H20N2O3S/c1-10-4-5-14(11(2)8-10)12(3)16-17-15(18)13-6-7-21(19,20)9-13/h4-5,8,13H,6-7,9H2,1-3H3,(H,17,18)/b16-12-/t13-/m1/s1. The number of rotatable bonds is 3. The Kier molecular flexibility index (Phi) is 4.46. The molecule has 1 aromatic rings. The van der Waals surface area contributed by atoms with Crippen LogP contribution in [-0.2, 0) is 14.6 Å². The fourth-order valence-corrected chi connectivity index (χ4v) is 4.25. The van der Waals surface area contributed by atoms with Gasteiger partial charge in [-0.2, -0.15) is 5.10 Å². The SMILES string of the molecule is C/C(=N/NC(=O)[C@@H]1CCS(=O)(=O)C1)c1ccc(C)cc1C. The minimum Gasteiger partial charge on any atom is -0.273 e. The number of nitrogens with zero attached hydrogens (tertiary/aromatic N) is 1. The van der Waals surface area contributed by atoms with Gasteiger partial charge in [0.25, 0.3) is 0 Å². The van der Waals surface area contributed by atoms with Crippen LogP contribution in [0.25, 0.3) is 0 Å². The number of hydrogen-bond donors (Lipinski definition) is 1. The van der Waals surface area contributed by atoms with Crippen LogP contribution in [0.5, 0.6) is 0 Å². The molecule has 114 valence electrons. The van der Waals surface area contributed by atoms with Gasteiger partial charge in [-0.1, -0.05) is 23.8 Å². The second-order valence-electron chi connectivity index (χ2n) is 5.59. The first-order valence-corrected chi connectivity index (χ1v) is 8.73. The van der Waals surface area contributed by atoms with Gasteiger partial charge in [-0.15, -0.1) is 0 Å². The summed E-state index contributed by atoms with van der Waals surface area (Å²) in [7, 11) is -3.05. The number of hydrogen-bond acceptors (Lipinski definition) is 4. The van der Waals surface area contributed by atoms with E-state index in [1.165, 1.54) is 5.56 Å². The molecule has 6 heteroatoms. The zero-order valence-electron chi connectivity index (χ0n) is 12.5. The van der Waals surface area contributed by atoms with Gasteiger partial charge in [-0.3, -0.25) is 4.79 Å². The normalized spacial score (nSPS) is 21.3. The highest BCUT2D eigenvalue weighted by Crippen LogP contribution is 2.18. The molecule has 0 spiro atoms. The smallest absolute Gasteiger partial charge is 0.244 e. The summed E-state index contributed by atoms with van der Waals surface area (Å²) in [6.45, 7) is 5.83. The van der Waals surface area contributed by atoms with E-state index in [2.05, 4.69) is 16.6 Å². The zero-order chi connectivity index (χ0) is 15.6. The Hall–Kier alpha value is -1.69. The first kappa shape index (κ1) is 15.7. The molecule has 1 saturated heterocycles. The first-order chi connectivity index (χ1) is 9.78. The number of carbonyl (C=O) groups excluding carboxylic acids is 1. The topological polar surface area (TPSA) is 75.6 Å². The Morgan fingerprint density at radius 1 is 1.33 bits per heavy atom. The van der Waals surface area contributed by atoms with Crippen LogP contribution in [-0.4, -0.2) is 31.5 Å². The summed E-state index contributed by atoms with van der Waals surface area (Å²) >= 11 is 0. The molecule has 1 atom stereocenters. The van der Waals surface area contributed by atoms with E-state index in [1.807, 2.05) is 32.9 Å². The lowest BCUT2D eigenvalue weighted by Crippen LogP contribution is -2.28. The third kappa shape index (κ3) is 3.91. The Balaban J connectivity index is 2.05. The van der Waals surface area contributed by atoms with Crippen LogP contribution in [0, 0.1) is 19.8 Å². The van der Waals surface area contributed by atoms with Crippen molar-refractivity contribution in [3.63, 3.8) is 0 Å². The highest BCUT2D eigenvalue weighted by Gasteiger charge is 2.32. The summed E-state index contributed by atoms with van der Waals surface area (Å²) < 4.78 is 22.7. The maximum atomic E-state index is 11.9. The molecule has 1 aliphatic heterocycles. The van der Waals surface area contributed by atoms with Crippen LogP contribution in [0.4, 0.5) is 0 Å². The summed E-state index contributed by atoms with van der Waals surface area (Å²) in [5.41, 5.74) is 6.43. The molecule has 0 saturated carbocycles. The van der Waals surface area contributed by atoms with Gasteiger partial charge in [0.15, 0.2) is 9.84 Å². The Bertz CT molecular complexity index is 693. The summed E-state index contributed by atoms with van der Waals surface area (Å²) in [5, 5.41) is 4.10. The molecule has 1 N–H and O–H groups in total. The maximum Gasteiger partial charge on any atom is 0.244 e. The van der Waals surface area contributed by atoms with Crippen molar-refractivity contribution in [3.8, 4) is 0 Å². The highest BCUT2D eigenvalue weighted by molar-refractivity contribution is 7.91. The number of sulfone groups is 1. The quantitative estimate of drug-likeness (QED) is 0.680. The number of hydrazone groups is 1. The van der Waals surface area contributed by atoms with Crippen LogP contribution < -0.4 is 5.43 Å². The van der Waals surface area contributed by atoms with Gasteiger partial charge >= 0.3 is 0 Å². The molecule has 1 amide bonds. The van der Waals surface area contributed by atoms with E-state index < -0.39 is 15.8 Å². The number of aryl methyl sites for hydroxylation is 2. The number of amides is 1. The number of nitrogens with one attached hydrogen (secondary N) is 1. The summed E-state index contributed by atoms with van der Waals surface area (Å²) in [6, 6.07) is 6.02. The van der Waals surface area contributed by atoms with Crippen molar-refractivity contribution in [2.45, 2.75) is 27.2 Å². The molecule has 0 aromatic heterocycles. The van der Waals surface area contributed by atoms with E-state index in [4.69, 9.17) is 0 Å². The minimum atomic E-state index is -3.05. The first-order valence-electron chi connectivity index (χ1n) is 6.91. The third-order valence-electron chi connectivity index (χ3n) is 3.71. The molecule has 21 heavy (non-hydrogen) atoms. The van der Waals surface area contributed by atoms with Gasteiger partial charge in [0.1, 0.15) is 0 Å². The predicted molar refractivity (Wildman–Crippen MR) is 83.0 cm³/mol. The van der Waals surface area contributed by atoms with E-state index in [1.54, 1.807) is 0 Å². The minimum absolute atomic E-state index is 0.0725. The van der Waals surface area contributed by atoms with Crippen molar-refractivity contribution in [2.24, 2.45) is 11.0 Å². The van der Waals surface area contributed by atoms with Crippen molar-refractivity contribution in [2.75, 3.05) is 11.5 Å². The molecule has 2 rings (SSSR count). The average molecular weight is 308 g/mol. The van der Waals surface area contributed by atoms with Crippen LogP contribution in [0.3, 0.4) is 0 Å². The molecule has 5 nitrogen and oxygen atoms in total. The largest absolute Gasteiger partial charge is 0.273 e. The zero-order valence-corrected chi connectivity index (χ0v) is 13.3. The fraction of sp³-hybridized carbons (Fsp3) is 0.467. The Morgan fingerprint density at radius 3 is 2.62 bits per heavy atom. The fourth-order valence-electron chi connectivity index (χ4n) is 2.51. The summed E-state index contributed by atoms with van der Waals surface area (Å²) in [4.78, 5) is 11.9. The lowest BCUT2D eigenvalue weighted by Gasteiger charge is -2.09. The molecule has 1 aliphatic rings. The van der Waals surface area contributed by atoms with Crippen molar-refractivity contribution in [1.82, 2.24) is 5.43 Å². The van der Waals surface area contributed by atoms with Crippen LogP contribution in [0.15, 0.2) is 23.3 Å². The van der Waals surface area contributed by atoms with Crippen molar-refractivity contribution < 1.29 is 13.2 Å². The number of benzene rings is 1. The van der Waals surface area contributed by atoms with E-state index in [9.17, 15) is 13.2 Å². The molecule has 1 aromatic carbocycles. The molecular weight excluding hydrogens is 288 g/mol. The molecule has 1 heterocycles. The van der Waals surface area contributed by atoms with Gasteiger partial charge in [0.05, 0.1) is 23.1 Å². The van der Waals surface area contributed by atoms with E-state index in [0.29, 0.717) is 12.1 Å². The van der Waals surface area contributed by atoms with Crippen LogP contribution >= 0.6 is 0 Å². The molecule has 0 aliphatic carbocycles. The molecule has 1 fully saturated rings. The lowest BCUT2D eigenvalue weighted by molar-refractivity contribution is -0.124. The Morgan fingerprint density at radius 2 is 2.05 bits per heavy atom. The second-order valence-corrected chi connectivity index (χ2v) is 7.82. The maximum absolute atomic E-state index is 11.9. The van der Waals surface area contributed by atoms with Crippen molar-refractivity contribution in [3.05, 3.63) is 34.9 Å². The van der Waals surface area contributed by atoms with Gasteiger partial charge in [-0.05, 0) is 32.8 Å². The molecule has 0 unspecified atom stereocenters. The number of carbonyl (C=O) groups is 1. The van der Waals surface area contributed by atoms with Crippen LogP contribution in [0.1, 0.15) is 30.0 Å². The van der Waals surface area contributed by atoms with Crippen LogP contribution in [0.2, 0.25) is 0 Å². The lowest BCUT2D eigenvalue weighted by atomic mass is 10.0.